The van der Waals surface area contributed by atoms with Gasteiger partial charge in [0.25, 0.3) is 0 Å². The van der Waals surface area contributed by atoms with Crippen molar-refractivity contribution in [2.75, 3.05) is 0 Å². The number of aromatic hydroxyl groups is 4. The summed E-state index contributed by atoms with van der Waals surface area (Å²) in [6, 6.07) is 10.8. The first-order valence-electron chi connectivity index (χ1n) is 7.05. The molecule has 6 heteroatoms. The van der Waals surface area contributed by atoms with E-state index >= 15 is 0 Å². The van der Waals surface area contributed by atoms with Crippen molar-refractivity contribution in [3.8, 4) is 29.1 Å². The van der Waals surface area contributed by atoms with Gasteiger partial charge in [0.1, 0.15) is 11.8 Å². The fourth-order valence-electron chi connectivity index (χ4n) is 1.91. The zero-order chi connectivity index (χ0) is 17.5. The minimum atomic E-state index is -0.219. The topological polar surface area (TPSA) is 117 Å². The molecule has 0 saturated carbocycles. The van der Waals surface area contributed by atoms with Crippen molar-refractivity contribution in [1.29, 1.82) is 5.26 Å². The van der Waals surface area contributed by atoms with E-state index in [1.54, 1.807) is 30.4 Å². The standard InChI is InChI=1S/C18H16N2O4/c19-10-14(20-11-13-5-7-16(22)18(24)9-13)3-1-2-12-4-6-15(21)17(23)8-12/h1-9,20-24H,11H2. The van der Waals surface area contributed by atoms with Crippen molar-refractivity contribution >= 4 is 6.08 Å². The number of benzene rings is 2. The van der Waals surface area contributed by atoms with Gasteiger partial charge in [-0.25, -0.2) is 0 Å². The van der Waals surface area contributed by atoms with Crippen molar-refractivity contribution in [2.45, 2.75) is 6.54 Å². The lowest BCUT2D eigenvalue weighted by atomic mass is 10.2. The molecule has 2 aromatic carbocycles. The Bertz CT molecular complexity index is 835. The molecule has 0 aliphatic heterocycles. The molecule has 2 rings (SSSR count). The molecule has 0 aromatic heterocycles. The Morgan fingerprint density at radius 2 is 1.62 bits per heavy atom. The van der Waals surface area contributed by atoms with Crippen LogP contribution in [0, 0.1) is 11.3 Å². The maximum absolute atomic E-state index is 9.43. The summed E-state index contributed by atoms with van der Waals surface area (Å²) < 4.78 is 0. The van der Waals surface area contributed by atoms with Crippen LogP contribution in [0.1, 0.15) is 11.1 Å². The number of nitriles is 1. The lowest BCUT2D eigenvalue weighted by Gasteiger charge is -2.05. The van der Waals surface area contributed by atoms with Gasteiger partial charge < -0.3 is 25.7 Å². The van der Waals surface area contributed by atoms with E-state index in [2.05, 4.69) is 5.32 Å². The maximum Gasteiger partial charge on any atom is 0.157 e. The van der Waals surface area contributed by atoms with Crippen LogP contribution in [0.4, 0.5) is 0 Å². The first kappa shape index (κ1) is 16.8. The number of phenols is 4. The van der Waals surface area contributed by atoms with Gasteiger partial charge in [0, 0.05) is 6.54 Å². The van der Waals surface area contributed by atoms with Gasteiger partial charge in [-0.1, -0.05) is 24.3 Å². The van der Waals surface area contributed by atoms with Crippen LogP contribution in [0.2, 0.25) is 0 Å². The lowest BCUT2D eigenvalue weighted by Crippen LogP contribution is -2.11. The predicted octanol–water partition coefficient (Wildman–Crippen LogP) is 2.72. The highest BCUT2D eigenvalue weighted by Gasteiger charge is 2.01. The molecule has 0 saturated heterocycles. The number of hydrogen-bond donors (Lipinski definition) is 5. The largest absolute Gasteiger partial charge is 0.504 e. The van der Waals surface area contributed by atoms with E-state index in [4.69, 9.17) is 5.26 Å². The Hall–Kier alpha value is -3.59. The number of nitrogens with zero attached hydrogens (tertiary/aromatic N) is 1. The Balaban J connectivity index is 2.01. The zero-order valence-corrected chi connectivity index (χ0v) is 12.6. The number of hydrogen-bond acceptors (Lipinski definition) is 6. The molecule has 5 N–H and O–H groups in total. The summed E-state index contributed by atoms with van der Waals surface area (Å²) in [4.78, 5) is 0. The van der Waals surface area contributed by atoms with Crippen LogP contribution in [-0.2, 0) is 6.54 Å². The minimum absolute atomic E-state index is 0.195. The average molecular weight is 324 g/mol. The van der Waals surface area contributed by atoms with E-state index in [1.165, 1.54) is 24.3 Å². The van der Waals surface area contributed by atoms with Gasteiger partial charge in [-0.2, -0.15) is 5.26 Å². The quantitative estimate of drug-likeness (QED) is 0.328. The van der Waals surface area contributed by atoms with Gasteiger partial charge in [-0.3, -0.25) is 0 Å². The number of nitrogens with one attached hydrogen (secondary N) is 1. The normalized spacial score (nSPS) is 11.4. The molecule has 0 aliphatic carbocycles. The number of allylic oxidation sites excluding steroid dienone is 3. The molecule has 0 amide bonds. The van der Waals surface area contributed by atoms with Gasteiger partial charge in [0.2, 0.25) is 0 Å². The van der Waals surface area contributed by atoms with E-state index in [9.17, 15) is 20.4 Å². The molecule has 122 valence electrons. The second-order valence-electron chi connectivity index (χ2n) is 4.98. The third-order valence-electron chi connectivity index (χ3n) is 3.19. The molecular weight excluding hydrogens is 308 g/mol. The van der Waals surface area contributed by atoms with Gasteiger partial charge in [-0.15, -0.1) is 0 Å². The van der Waals surface area contributed by atoms with Crippen LogP contribution >= 0.6 is 0 Å². The van der Waals surface area contributed by atoms with Crippen molar-refractivity contribution in [3.05, 3.63) is 65.4 Å². The molecule has 0 fully saturated rings. The Morgan fingerprint density at radius 3 is 2.25 bits per heavy atom. The SMILES string of the molecule is N#CC(=CC=Cc1ccc(O)c(O)c1)NCc1ccc(O)c(O)c1. The summed E-state index contributed by atoms with van der Waals surface area (Å²) in [5.74, 6) is -0.829. The molecule has 0 unspecified atom stereocenters. The fourth-order valence-corrected chi connectivity index (χ4v) is 1.91. The number of rotatable bonds is 5. The summed E-state index contributed by atoms with van der Waals surface area (Å²) in [5.41, 5.74) is 1.68. The van der Waals surface area contributed by atoms with E-state index in [-0.39, 0.29) is 23.0 Å². The third kappa shape index (κ3) is 4.45. The Kier molecular flexibility index (Phi) is 5.32. The fraction of sp³-hybridized carbons (Fsp3) is 0.0556. The molecule has 0 heterocycles. The lowest BCUT2D eigenvalue weighted by molar-refractivity contribution is 0.403. The van der Waals surface area contributed by atoms with Crippen molar-refractivity contribution < 1.29 is 20.4 Å². The van der Waals surface area contributed by atoms with Gasteiger partial charge in [0.15, 0.2) is 23.0 Å². The molecule has 6 nitrogen and oxygen atoms in total. The molecule has 2 aromatic rings. The van der Waals surface area contributed by atoms with E-state index in [0.717, 1.165) is 0 Å². The Morgan fingerprint density at radius 1 is 0.958 bits per heavy atom. The van der Waals surface area contributed by atoms with Crippen molar-refractivity contribution in [3.63, 3.8) is 0 Å². The van der Waals surface area contributed by atoms with Gasteiger partial charge in [0.05, 0.1) is 0 Å². The highest BCUT2D eigenvalue weighted by molar-refractivity contribution is 5.56. The van der Waals surface area contributed by atoms with E-state index in [0.29, 0.717) is 23.4 Å². The molecular formula is C18H16N2O4. The van der Waals surface area contributed by atoms with Gasteiger partial charge >= 0.3 is 0 Å². The van der Waals surface area contributed by atoms with Crippen molar-refractivity contribution in [2.24, 2.45) is 0 Å². The minimum Gasteiger partial charge on any atom is -0.504 e. The first-order chi connectivity index (χ1) is 11.5. The van der Waals surface area contributed by atoms with Crippen molar-refractivity contribution in [1.82, 2.24) is 5.32 Å². The van der Waals surface area contributed by atoms with E-state index < -0.39 is 0 Å². The molecule has 24 heavy (non-hydrogen) atoms. The van der Waals surface area contributed by atoms with Crippen LogP contribution < -0.4 is 5.32 Å². The summed E-state index contributed by atoms with van der Waals surface area (Å²) in [6.45, 7) is 0.307. The summed E-state index contributed by atoms with van der Waals surface area (Å²) >= 11 is 0. The zero-order valence-electron chi connectivity index (χ0n) is 12.6. The molecule has 0 radical (unpaired) electrons. The monoisotopic (exact) mass is 324 g/mol. The van der Waals surface area contributed by atoms with Crippen LogP contribution in [0.3, 0.4) is 0 Å². The molecule has 0 spiro atoms. The molecule has 0 atom stereocenters. The number of phenolic OH excluding ortho intramolecular Hbond substituents is 4. The van der Waals surface area contributed by atoms with Crippen LogP contribution in [0.15, 0.2) is 54.2 Å². The highest BCUT2D eigenvalue weighted by atomic mass is 16.3. The maximum atomic E-state index is 9.43. The molecule has 0 bridgehead atoms. The summed E-state index contributed by atoms with van der Waals surface area (Å²) in [6.07, 6.45) is 4.86. The van der Waals surface area contributed by atoms with Crippen LogP contribution in [0.5, 0.6) is 23.0 Å². The average Bonchev–Trinajstić information content (AvgIpc) is 2.57. The first-order valence-corrected chi connectivity index (χ1v) is 7.05. The third-order valence-corrected chi connectivity index (χ3v) is 3.19. The summed E-state index contributed by atoms with van der Waals surface area (Å²) in [5, 5.41) is 49.3. The smallest absolute Gasteiger partial charge is 0.157 e. The second kappa shape index (κ2) is 7.61. The van der Waals surface area contributed by atoms with Gasteiger partial charge in [-0.05, 0) is 41.5 Å². The Labute approximate surface area is 138 Å². The van der Waals surface area contributed by atoms with Crippen LogP contribution in [-0.4, -0.2) is 20.4 Å². The predicted molar refractivity (Wildman–Crippen MR) is 89.1 cm³/mol. The summed E-state index contributed by atoms with van der Waals surface area (Å²) in [7, 11) is 0. The van der Waals surface area contributed by atoms with Crippen LogP contribution in [0.25, 0.3) is 6.08 Å². The second-order valence-corrected chi connectivity index (χ2v) is 4.98. The van der Waals surface area contributed by atoms with E-state index in [1.807, 2.05) is 6.07 Å². The molecule has 0 aliphatic rings. The highest BCUT2D eigenvalue weighted by Crippen LogP contribution is 2.26.